The Morgan fingerprint density at radius 2 is 1.57 bits per heavy atom. The molecule has 0 saturated heterocycles. The van der Waals surface area contributed by atoms with Crippen LogP contribution in [0.15, 0.2) is 30.3 Å². The van der Waals surface area contributed by atoms with Gasteiger partial charge in [-0.15, -0.1) is 0 Å². The summed E-state index contributed by atoms with van der Waals surface area (Å²) in [4.78, 5) is 0. The molecule has 1 aromatic carbocycles. The zero-order valence-corrected chi connectivity index (χ0v) is 9.12. The first-order chi connectivity index (χ1) is 6.02. The van der Waals surface area contributed by atoms with Crippen LogP contribution in [0.2, 0.25) is 0 Å². The van der Waals surface area contributed by atoms with E-state index >= 15 is 0 Å². The maximum absolute atomic E-state index is 2.27. The molecule has 0 aliphatic rings. The molecule has 0 aromatic heterocycles. The van der Waals surface area contributed by atoms with E-state index in [1.54, 1.807) is 0 Å². The van der Waals surface area contributed by atoms with Crippen LogP contribution in [0.5, 0.6) is 0 Å². The number of benzene rings is 1. The summed E-state index contributed by atoms with van der Waals surface area (Å²) in [7, 11) is 4.52. The van der Waals surface area contributed by atoms with Crippen molar-refractivity contribution in [2.45, 2.75) is 13.8 Å². The minimum atomic E-state index is 0. The monoisotopic (exact) mass is 302 g/mol. The van der Waals surface area contributed by atoms with E-state index in [0.717, 1.165) is 10.4 Å². The Bertz CT molecular complexity index is 254. The van der Waals surface area contributed by atoms with Crippen LogP contribution in [-0.4, -0.2) is 44.5 Å². The van der Waals surface area contributed by atoms with Gasteiger partial charge in [-0.2, -0.15) is 0 Å². The molecular formula is C12H24NSn+. The van der Waals surface area contributed by atoms with Crippen molar-refractivity contribution in [3.05, 3.63) is 30.3 Å². The molecule has 80 valence electrons. The standard InChI is InChI=1S/C12H20N.Sn.4H/c1-11(2)10-13(3,4)12-8-6-5-7-9-12;;;;;/h5-9,11H,10H2,1-4H3;;;;;/q+1;;;;;. The van der Waals surface area contributed by atoms with Crippen LogP contribution >= 0.6 is 0 Å². The van der Waals surface area contributed by atoms with Crippen LogP contribution in [0.3, 0.4) is 0 Å². The first kappa shape index (κ1) is 14.0. The molecule has 1 rings (SSSR count). The van der Waals surface area contributed by atoms with Crippen LogP contribution in [0, 0.1) is 5.92 Å². The van der Waals surface area contributed by atoms with Gasteiger partial charge in [0, 0.05) is 5.92 Å². The van der Waals surface area contributed by atoms with Crippen molar-refractivity contribution in [2.24, 2.45) is 5.92 Å². The van der Waals surface area contributed by atoms with Gasteiger partial charge in [0.25, 0.3) is 0 Å². The number of para-hydroxylation sites is 1. The summed E-state index contributed by atoms with van der Waals surface area (Å²) in [5.74, 6) is 0.732. The van der Waals surface area contributed by atoms with E-state index in [0.29, 0.717) is 0 Å². The van der Waals surface area contributed by atoms with Crippen molar-refractivity contribution in [3.8, 4) is 0 Å². The van der Waals surface area contributed by atoms with Crippen molar-refractivity contribution in [3.63, 3.8) is 0 Å². The zero-order chi connectivity index (χ0) is 9.90. The Balaban J connectivity index is 0.00000169. The third-order valence-electron chi connectivity index (χ3n) is 2.28. The first-order valence-electron chi connectivity index (χ1n) is 4.91. The molecule has 1 aromatic rings. The summed E-state index contributed by atoms with van der Waals surface area (Å²) in [5.41, 5.74) is 1.39. The fourth-order valence-electron chi connectivity index (χ4n) is 1.85. The molecule has 14 heavy (non-hydrogen) atoms. The van der Waals surface area contributed by atoms with E-state index in [9.17, 15) is 0 Å². The molecule has 0 N–H and O–H groups in total. The molecule has 0 unspecified atom stereocenters. The predicted octanol–water partition coefficient (Wildman–Crippen LogP) is 1.46. The Kier molecular flexibility index (Phi) is 5.75. The van der Waals surface area contributed by atoms with Crippen LogP contribution < -0.4 is 4.48 Å². The van der Waals surface area contributed by atoms with E-state index in [2.05, 4.69) is 58.3 Å². The number of hydrogen-bond donors (Lipinski definition) is 0. The maximum atomic E-state index is 2.27. The van der Waals surface area contributed by atoms with E-state index in [-0.39, 0.29) is 23.9 Å². The van der Waals surface area contributed by atoms with Gasteiger partial charge in [0.05, 0.1) is 20.6 Å². The quantitative estimate of drug-likeness (QED) is 0.586. The number of quaternary nitrogens is 1. The molecule has 0 amide bonds. The van der Waals surface area contributed by atoms with Gasteiger partial charge in [-0.1, -0.05) is 32.0 Å². The summed E-state index contributed by atoms with van der Waals surface area (Å²) in [5, 5.41) is 0. The van der Waals surface area contributed by atoms with Crippen molar-refractivity contribution in [1.29, 1.82) is 0 Å². The molecule has 0 atom stereocenters. The normalized spacial score (nSPS) is 11.2. The summed E-state index contributed by atoms with van der Waals surface area (Å²) in [6.07, 6.45) is 0. The second-order valence-corrected chi connectivity index (χ2v) is 4.60. The van der Waals surface area contributed by atoms with Crippen LogP contribution in [0.4, 0.5) is 5.69 Å². The van der Waals surface area contributed by atoms with Gasteiger partial charge in [-0.25, -0.2) is 0 Å². The fraction of sp³-hybridized carbons (Fsp3) is 0.500. The van der Waals surface area contributed by atoms with Gasteiger partial charge in [0.15, 0.2) is 0 Å². The van der Waals surface area contributed by atoms with Crippen LogP contribution in [0.1, 0.15) is 13.8 Å². The second kappa shape index (κ2) is 5.76. The summed E-state index contributed by atoms with van der Waals surface area (Å²) < 4.78 is 0.971. The van der Waals surface area contributed by atoms with Crippen LogP contribution in [0.25, 0.3) is 0 Å². The topological polar surface area (TPSA) is 0 Å². The Hall–Kier alpha value is -0.0213. The average molecular weight is 301 g/mol. The Morgan fingerprint density at radius 3 is 2.00 bits per heavy atom. The van der Waals surface area contributed by atoms with Gasteiger partial charge in [0.2, 0.25) is 0 Å². The molecular weight excluding hydrogens is 277 g/mol. The zero-order valence-electron chi connectivity index (χ0n) is 9.12. The van der Waals surface area contributed by atoms with Gasteiger partial charge in [-0.3, -0.25) is 4.48 Å². The summed E-state index contributed by atoms with van der Waals surface area (Å²) in [6.45, 7) is 5.72. The Morgan fingerprint density at radius 1 is 1.07 bits per heavy atom. The van der Waals surface area contributed by atoms with Gasteiger partial charge in [0.1, 0.15) is 5.69 Å². The van der Waals surface area contributed by atoms with E-state index < -0.39 is 0 Å². The average Bonchev–Trinajstić information content (AvgIpc) is 2.04. The summed E-state index contributed by atoms with van der Waals surface area (Å²) in [6, 6.07) is 10.7. The fourth-order valence-corrected chi connectivity index (χ4v) is 1.85. The van der Waals surface area contributed by atoms with E-state index in [4.69, 9.17) is 0 Å². The van der Waals surface area contributed by atoms with Crippen molar-refractivity contribution in [1.82, 2.24) is 4.48 Å². The van der Waals surface area contributed by atoms with Crippen molar-refractivity contribution in [2.75, 3.05) is 20.6 Å². The van der Waals surface area contributed by atoms with Gasteiger partial charge >= 0.3 is 23.9 Å². The molecule has 1 nitrogen and oxygen atoms in total. The molecule has 2 heteroatoms. The molecule has 0 heterocycles. The minimum absolute atomic E-state index is 0. The van der Waals surface area contributed by atoms with Gasteiger partial charge < -0.3 is 0 Å². The third kappa shape index (κ3) is 4.01. The Labute approximate surface area is 105 Å². The molecule has 0 radical (unpaired) electrons. The summed E-state index contributed by atoms with van der Waals surface area (Å²) >= 11 is 0. The van der Waals surface area contributed by atoms with E-state index in [1.165, 1.54) is 12.2 Å². The molecule has 0 fully saturated rings. The van der Waals surface area contributed by atoms with Crippen molar-refractivity contribution < 1.29 is 0 Å². The SMILES string of the molecule is CC(C)C[N+](C)(C)c1ccccc1.[SnH4]. The van der Waals surface area contributed by atoms with E-state index in [1.807, 2.05) is 0 Å². The van der Waals surface area contributed by atoms with Crippen molar-refractivity contribution >= 4 is 29.6 Å². The number of rotatable bonds is 3. The first-order valence-corrected chi connectivity index (χ1v) is 4.91. The number of nitrogens with zero attached hydrogens (tertiary/aromatic N) is 1. The van der Waals surface area contributed by atoms with Gasteiger partial charge in [-0.05, 0) is 12.1 Å². The molecule has 0 bridgehead atoms. The number of hydrogen-bond acceptors (Lipinski definition) is 0. The molecule has 0 saturated carbocycles. The van der Waals surface area contributed by atoms with Crippen LogP contribution in [-0.2, 0) is 0 Å². The third-order valence-corrected chi connectivity index (χ3v) is 2.28. The molecule has 0 aliphatic carbocycles. The molecule has 0 spiro atoms. The molecule has 0 aliphatic heterocycles. The predicted molar refractivity (Wildman–Crippen MR) is 71.1 cm³/mol. The second-order valence-electron chi connectivity index (χ2n) is 4.60.